The van der Waals surface area contributed by atoms with Crippen molar-refractivity contribution in [2.75, 3.05) is 13.2 Å². The summed E-state index contributed by atoms with van der Waals surface area (Å²) in [5, 5.41) is 10.0. The molecule has 0 aromatic heterocycles. The first kappa shape index (κ1) is 15.7. The van der Waals surface area contributed by atoms with Crippen LogP contribution >= 0.6 is 0 Å². The number of hydrogen-bond acceptors (Lipinski definition) is 4. The lowest BCUT2D eigenvalue weighted by Gasteiger charge is -2.16. The standard InChI is InChI=1S/C9H14F3NO4/c1-2-3-4-17-7(15)6(5-14)13-8(16)9(10,11)12/h6,14H,2-5H2,1H3,(H,13,16). The van der Waals surface area contributed by atoms with Crippen LogP contribution in [0.25, 0.3) is 0 Å². The Labute approximate surface area is 95.9 Å². The molecule has 1 atom stereocenters. The van der Waals surface area contributed by atoms with Gasteiger partial charge in [-0.05, 0) is 6.42 Å². The van der Waals surface area contributed by atoms with Crippen molar-refractivity contribution in [2.24, 2.45) is 0 Å². The van der Waals surface area contributed by atoms with E-state index in [1.165, 1.54) is 5.32 Å². The lowest BCUT2D eigenvalue weighted by atomic mass is 10.3. The molecule has 0 saturated heterocycles. The number of alkyl halides is 3. The molecule has 0 aromatic rings. The molecule has 1 amide bonds. The number of carbonyl (C=O) groups excluding carboxylic acids is 2. The van der Waals surface area contributed by atoms with Crippen LogP contribution in [0.15, 0.2) is 0 Å². The van der Waals surface area contributed by atoms with Gasteiger partial charge >= 0.3 is 18.1 Å². The molecule has 0 aromatic carbocycles. The third kappa shape index (κ3) is 6.10. The number of esters is 1. The monoisotopic (exact) mass is 257 g/mol. The van der Waals surface area contributed by atoms with Crippen LogP contribution in [0, 0.1) is 0 Å². The van der Waals surface area contributed by atoms with Crippen molar-refractivity contribution in [3.63, 3.8) is 0 Å². The minimum Gasteiger partial charge on any atom is -0.464 e. The van der Waals surface area contributed by atoms with E-state index in [2.05, 4.69) is 4.74 Å². The largest absolute Gasteiger partial charge is 0.471 e. The van der Waals surface area contributed by atoms with Gasteiger partial charge in [0.25, 0.3) is 0 Å². The Balaban J connectivity index is 4.23. The van der Waals surface area contributed by atoms with Crippen molar-refractivity contribution in [3.8, 4) is 0 Å². The molecule has 0 fully saturated rings. The summed E-state index contributed by atoms with van der Waals surface area (Å²) in [6.45, 7) is 0.920. The number of aliphatic hydroxyl groups excluding tert-OH is 1. The third-order valence-electron chi connectivity index (χ3n) is 1.77. The molecule has 0 spiro atoms. The van der Waals surface area contributed by atoms with E-state index in [-0.39, 0.29) is 6.61 Å². The summed E-state index contributed by atoms with van der Waals surface area (Å²) < 4.78 is 40.2. The molecule has 17 heavy (non-hydrogen) atoms. The SMILES string of the molecule is CCCCOC(=O)C(CO)NC(=O)C(F)(F)F. The lowest BCUT2D eigenvalue weighted by molar-refractivity contribution is -0.176. The zero-order valence-corrected chi connectivity index (χ0v) is 9.21. The number of aliphatic hydroxyl groups is 1. The Morgan fingerprint density at radius 1 is 1.41 bits per heavy atom. The van der Waals surface area contributed by atoms with Crippen molar-refractivity contribution in [1.82, 2.24) is 5.32 Å². The molecule has 2 N–H and O–H groups in total. The second-order valence-corrected chi connectivity index (χ2v) is 3.23. The molecular formula is C9H14F3NO4. The number of ether oxygens (including phenoxy) is 1. The van der Waals surface area contributed by atoms with Gasteiger partial charge in [0.15, 0.2) is 6.04 Å². The summed E-state index contributed by atoms with van der Waals surface area (Å²) in [5.74, 6) is -3.37. The van der Waals surface area contributed by atoms with Crippen LogP contribution in [0.2, 0.25) is 0 Å². The van der Waals surface area contributed by atoms with Crippen LogP contribution in [-0.2, 0) is 14.3 Å². The van der Waals surface area contributed by atoms with E-state index in [9.17, 15) is 22.8 Å². The Morgan fingerprint density at radius 3 is 2.41 bits per heavy atom. The normalized spacial score (nSPS) is 13.0. The summed E-state index contributed by atoms with van der Waals surface area (Å²) in [7, 11) is 0. The van der Waals surface area contributed by atoms with E-state index in [0.717, 1.165) is 6.42 Å². The van der Waals surface area contributed by atoms with E-state index in [1.54, 1.807) is 0 Å². The van der Waals surface area contributed by atoms with E-state index in [1.807, 2.05) is 6.92 Å². The minimum absolute atomic E-state index is 0.0354. The van der Waals surface area contributed by atoms with Crippen LogP contribution in [0.1, 0.15) is 19.8 Å². The quantitative estimate of drug-likeness (QED) is 0.532. The van der Waals surface area contributed by atoms with Gasteiger partial charge in [0.1, 0.15) is 0 Å². The first-order valence-electron chi connectivity index (χ1n) is 4.98. The molecule has 0 aliphatic rings. The molecular weight excluding hydrogens is 243 g/mol. The molecule has 5 nitrogen and oxygen atoms in total. The van der Waals surface area contributed by atoms with Gasteiger partial charge < -0.3 is 15.2 Å². The number of hydrogen-bond donors (Lipinski definition) is 2. The third-order valence-corrected chi connectivity index (χ3v) is 1.77. The molecule has 0 radical (unpaired) electrons. The lowest BCUT2D eigenvalue weighted by Crippen LogP contribution is -2.49. The molecule has 0 aliphatic heterocycles. The first-order valence-corrected chi connectivity index (χ1v) is 4.98. The molecule has 0 saturated carbocycles. The molecule has 0 aliphatic carbocycles. The highest BCUT2D eigenvalue weighted by molar-refractivity contribution is 5.87. The van der Waals surface area contributed by atoms with Gasteiger partial charge in [0.2, 0.25) is 0 Å². The number of unbranched alkanes of at least 4 members (excludes halogenated alkanes) is 1. The van der Waals surface area contributed by atoms with Crippen molar-refractivity contribution in [3.05, 3.63) is 0 Å². The maximum absolute atomic E-state index is 11.9. The van der Waals surface area contributed by atoms with Crippen molar-refractivity contribution in [2.45, 2.75) is 32.0 Å². The molecule has 100 valence electrons. The van der Waals surface area contributed by atoms with Gasteiger partial charge in [-0.1, -0.05) is 13.3 Å². The summed E-state index contributed by atoms with van der Waals surface area (Å²) >= 11 is 0. The minimum atomic E-state index is -5.10. The second kappa shape index (κ2) is 7.10. The van der Waals surface area contributed by atoms with E-state index in [0.29, 0.717) is 6.42 Å². The zero-order chi connectivity index (χ0) is 13.5. The Hall–Kier alpha value is -1.31. The smallest absolute Gasteiger partial charge is 0.464 e. The van der Waals surface area contributed by atoms with Gasteiger partial charge in [0, 0.05) is 0 Å². The van der Waals surface area contributed by atoms with E-state index < -0.39 is 30.7 Å². The molecule has 8 heteroatoms. The van der Waals surface area contributed by atoms with Crippen LogP contribution in [0.3, 0.4) is 0 Å². The molecule has 0 rings (SSSR count). The molecule has 1 unspecified atom stereocenters. The van der Waals surface area contributed by atoms with Crippen molar-refractivity contribution < 1.29 is 32.6 Å². The topological polar surface area (TPSA) is 75.6 Å². The predicted octanol–water partition coefficient (Wildman–Crippen LogP) is 0.369. The van der Waals surface area contributed by atoms with Crippen LogP contribution in [0.4, 0.5) is 13.2 Å². The average Bonchev–Trinajstić information content (AvgIpc) is 2.24. The average molecular weight is 257 g/mol. The number of nitrogens with one attached hydrogen (secondary N) is 1. The van der Waals surface area contributed by atoms with Gasteiger partial charge in [-0.3, -0.25) is 4.79 Å². The van der Waals surface area contributed by atoms with Crippen LogP contribution < -0.4 is 5.32 Å². The summed E-state index contributed by atoms with van der Waals surface area (Å²) in [4.78, 5) is 21.7. The zero-order valence-electron chi connectivity index (χ0n) is 9.21. The van der Waals surface area contributed by atoms with Gasteiger partial charge in [0.05, 0.1) is 13.2 Å². The first-order chi connectivity index (χ1) is 7.82. The highest BCUT2D eigenvalue weighted by atomic mass is 19.4. The second-order valence-electron chi connectivity index (χ2n) is 3.23. The summed E-state index contributed by atoms with van der Waals surface area (Å²) in [6, 6.07) is -1.69. The highest BCUT2D eigenvalue weighted by Crippen LogP contribution is 2.14. The van der Waals surface area contributed by atoms with Gasteiger partial charge in [-0.15, -0.1) is 0 Å². The fourth-order valence-corrected chi connectivity index (χ4v) is 0.837. The Morgan fingerprint density at radius 2 is 2.00 bits per heavy atom. The Bertz CT molecular complexity index is 267. The highest BCUT2D eigenvalue weighted by Gasteiger charge is 2.40. The fraction of sp³-hybridized carbons (Fsp3) is 0.778. The Kier molecular flexibility index (Phi) is 6.55. The summed E-state index contributed by atoms with van der Waals surface area (Å²) in [6.07, 6.45) is -3.81. The van der Waals surface area contributed by atoms with Gasteiger partial charge in [-0.25, -0.2) is 4.79 Å². The number of amides is 1. The number of carbonyl (C=O) groups is 2. The van der Waals surface area contributed by atoms with Gasteiger partial charge in [-0.2, -0.15) is 13.2 Å². The van der Waals surface area contributed by atoms with Crippen LogP contribution in [0.5, 0.6) is 0 Å². The fourth-order valence-electron chi connectivity index (χ4n) is 0.837. The molecule has 0 bridgehead atoms. The van der Waals surface area contributed by atoms with Crippen LogP contribution in [-0.4, -0.2) is 42.4 Å². The predicted molar refractivity (Wildman–Crippen MR) is 50.9 cm³/mol. The summed E-state index contributed by atoms with van der Waals surface area (Å²) in [5.41, 5.74) is 0. The maximum Gasteiger partial charge on any atom is 0.471 e. The number of halogens is 3. The van der Waals surface area contributed by atoms with E-state index >= 15 is 0 Å². The molecule has 0 heterocycles. The maximum atomic E-state index is 11.9. The van der Waals surface area contributed by atoms with E-state index in [4.69, 9.17) is 5.11 Å². The number of rotatable bonds is 6. The van der Waals surface area contributed by atoms with Crippen molar-refractivity contribution in [1.29, 1.82) is 0 Å². The van der Waals surface area contributed by atoms with Crippen molar-refractivity contribution >= 4 is 11.9 Å².